The minimum atomic E-state index is -1.14. The highest BCUT2D eigenvalue weighted by Crippen LogP contribution is 2.33. The quantitative estimate of drug-likeness (QED) is 0.927. The lowest BCUT2D eigenvalue weighted by Crippen LogP contribution is -2.00. The summed E-state index contributed by atoms with van der Waals surface area (Å²) in [5.41, 5.74) is 1.49. The summed E-state index contributed by atoms with van der Waals surface area (Å²) < 4.78 is 15.8. The van der Waals surface area contributed by atoms with Crippen molar-refractivity contribution in [2.75, 3.05) is 0 Å². The molecule has 0 atom stereocenters. The molecule has 94 valence electrons. The Hall–Kier alpha value is -1.69. The van der Waals surface area contributed by atoms with Crippen LogP contribution in [0.3, 0.4) is 0 Å². The number of carboxylic acid groups (broad SMARTS) is 1. The third-order valence-electron chi connectivity index (χ3n) is 2.64. The number of hydrogen-bond donors (Lipinski definition) is 1. The largest absolute Gasteiger partial charge is 0.476 e. The van der Waals surface area contributed by atoms with E-state index in [0.29, 0.717) is 15.7 Å². The molecule has 0 radical (unpaired) electrons. The molecule has 1 aromatic heterocycles. The average molecular weight is 313 g/mol. The molecule has 0 aliphatic heterocycles. The molecule has 2 aromatic rings. The summed E-state index contributed by atoms with van der Waals surface area (Å²) in [6.07, 6.45) is 0. The highest BCUT2D eigenvalue weighted by atomic mass is 79.9. The number of aryl methyl sites for hydroxylation is 2. The fourth-order valence-corrected chi connectivity index (χ4v) is 2.22. The van der Waals surface area contributed by atoms with Crippen LogP contribution < -0.4 is 0 Å². The summed E-state index contributed by atoms with van der Waals surface area (Å²) in [7, 11) is 1.58. The molecule has 6 heteroatoms. The smallest absolute Gasteiger partial charge is 0.356 e. The standard InChI is InChI=1S/C12H10BrFN2O2/c1-6-3-4-7(14)10(11(6)13)9-5-8(12(17)18)15-16(9)2/h3-5H,1-2H3,(H,17,18). The predicted octanol–water partition coefficient (Wildman–Crippen LogP) is 3.00. The molecule has 18 heavy (non-hydrogen) atoms. The Bertz CT molecular complexity index is 637. The van der Waals surface area contributed by atoms with Crippen LogP contribution >= 0.6 is 15.9 Å². The fraction of sp³-hybridized carbons (Fsp3) is 0.167. The van der Waals surface area contributed by atoms with E-state index in [2.05, 4.69) is 21.0 Å². The highest BCUT2D eigenvalue weighted by Gasteiger charge is 2.18. The van der Waals surface area contributed by atoms with E-state index < -0.39 is 11.8 Å². The number of benzene rings is 1. The molecule has 0 saturated carbocycles. The zero-order valence-electron chi connectivity index (χ0n) is 9.74. The lowest BCUT2D eigenvalue weighted by Gasteiger charge is -2.08. The second-order valence-electron chi connectivity index (χ2n) is 3.90. The minimum absolute atomic E-state index is 0.111. The van der Waals surface area contributed by atoms with Gasteiger partial charge in [-0.15, -0.1) is 0 Å². The van der Waals surface area contributed by atoms with Crippen LogP contribution in [0.2, 0.25) is 0 Å². The number of hydrogen-bond acceptors (Lipinski definition) is 2. The van der Waals surface area contributed by atoms with Crippen molar-refractivity contribution < 1.29 is 14.3 Å². The minimum Gasteiger partial charge on any atom is -0.476 e. The molecule has 0 fully saturated rings. The Kier molecular flexibility index (Phi) is 3.21. The summed E-state index contributed by atoms with van der Waals surface area (Å²) in [6, 6.07) is 4.35. The van der Waals surface area contributed by atoms with E-state index in [4.69, 9.17) is 5.11 Å². The fourth-order valence-electron chi connectivity index (χ4n) is 1.70. The van der Waals surface area contributed by atoms with Crippen LogP contribution in [0.25, 0.3) is 11.3 Å². The maximum atomic E-state index is 13.9. The summed E-state index contributed by atoms with van der Waals surface area (Å²) in [5.74, 6) is -1.56. The molecular formula is C12H10BrFN2O2. The molecular weight excluding hydrogens is 303 g/mol. The first kappa shape index (κ1) is 12.8. The van der Waals surface area contributed by atoms with Crippen molar-refractivity contribution in [1.29, 1.82) is 0 Å². The van der Waals surface area contributed by atoms with Gasteiger partial charge in [0.2, 0.25) is 0 Å². The van der Waals surface area contributed by atoms with E-state index in [1.807, 2.05) is 6.92 Å². The average Bonchev–Trinajstić information content (AvgIpc) is 2.67. The molecule has 2 rings (SSSR count). The summed E-state index contributed by atoms with van der Waals surface area (Å²) in [4.78, 5) is 10.9. The Morgan fingerprint density at radius 2 is 2.17 bits per heavy atom. The first-order valence-corrected chi connectivity index (χ1v) is 5.93. The van der Waals surface area contributed by atoms with Crippen LogP contribution in [-0.2, 0) is 7.05 Å². The number of rotatable bonds is 2. The summed E-state index contributed by atoms with van der Waals surface area (Å²) >= 11 is 3.32. The number of aromatic nitrogens is 2. The molecule has 0 amide bonds. The summed E-state index contributed by atoms with van der Waals surface area (Å²) in [6.45, 7) is 1.83. The van der Waals surface area contributed by atoms with Crippen molar-refractivity contribution in [2.24, 2.45) is 7.05 Å². The third-order valence-corrected chi connectivity index (χ3v) is 3.66. The topological polar surface area (TPSA) is 55.1 Å². The van der Waals surface area contributed by atoms with Crippen molar-refractivity contribution >= 4 is 21.9 Å². The first-order valence-electron chi connectivity index (χ1n) is 5.14. The second kappa shape index (κ2) is 4.53. The maximum absolute atomic E-state index is 13.9. The number of nitrogens with zero attached hydrogens (tertiary/aromatic N) is 2. The van der Waals surface area contributed by atoms with E-state index in [9.17, 15) is 9.18 Å². The van der Waals surface area contributed by atoms with Gasteiger partial charge in [-0.05, 0) is 40.5 Å². The van der Waals surface area contributed by atoms with Gasteiger partial charge in [0.1, 0.15) is 5.82 Å². The van der Waals surface area contributed by atoms with Crippen molar-refractivity contribution in [3.05, 3.63) is 39.7 Å². The SMILES string of the molecule is Cc1ccc(F)c(-c2cc(C(=O)O)nn2C)c1Br. The van der Waals surface area contributed by atoms with Crippen LogP contribution in [0.5, 0.6) is 0 Å². The van der Waals surface area contributed by atoms with Crippen LogP contribution in [0, 0.1) is 12.7 Å². The lowest BCUT2D eigenvalue weighted by molar-refractivity contribution is 0.0689. The molecule has 0 aliphatic rings. The van der Waals surface area contributed by atoms with Gasteiger partial charge in [-0.1, -0.05) is 6.07 Å². The maximum Gasteiger partial charge on any atom is 0.356 e. The van der Waals surface area contributed by atoms with E-state index in [-0.39, 0.29) is 5.69 Å². The van der Waals surface area contributed by atoms with Crippen molar-refractivity contribution in [3.63, 3.8) is 0 Å². The Morgan fingerprint density at radius 3 is 2.72 bits per heavy atom. The van der Waals surface area contributed by atoms with Gasteiger partial charge in [0.15, 0.2) is 5.69 Å². The predicted molar refractivity (Wildman–Crippen MR) is 68.0 cm³/mol. The first-order chi connectivity index (χ1) is 8.41. The zero-order valence-corrected chi connectivity index (χ0v) is 11.3. The van der Waals surface area contributed by atoms with E-state index in [1.165, 1.54) is 16.8 Å². The molecule has 0 bridgehead atoms. The van der Waals surface area contributed by atoms with E-state index in [0.717, 1.165) is 5.56 Å². The Morgan fingerprint density at radius 1 is 1.50 bits per heavy atom. The van der Waals surface area contributed by atoms with Gasteiger partial charge in [0.05, 0.1) is 11.3 Å². The number of carboxylic acids is 1. The third kappa shape index (κ3) is 2.03. The number of aromatic carboxylic acids is 1. The van der Waals surface area contributed by atoms with Crippen LogP contribution in [0.4, 0.5) is 4.39 Å². The van der Waals surface area contributed by atoms with Gasteiger partial charge in [-0.3, -0.25) is 4.68 Å². The van der Waals surface area contributed by atoms with Crippen LogP contribution in [0.15, 0.2) is 22.7 Å². The van der Waals surface area contributed by atoms with E-state index >= 15 is 0 Å². The molecule has 1 heterocycles. The molecule has 0 spiro atoms. The molecule has 0 aliphatic carbocycles. The van der Waals surface area contributed by atoms with Gasteiger partial charge in [-0.2, -0.15) is 5.10 Å². The Balaban J connectivity index is 2.69. The summed E-state index contributed by atoms with van der Waals surface area (Å²) in [5, 5.41) is 12.7. The van der Waals surface area contributed by atoms with E-state index in [1.54, 1.807) is 13.1 Å². The van der Waals surface area contributed by atoms with Gasteiger partial charge < -0.3 is 5.11 Å². The van der Waals surface area contributed by atoms with Gasteiger partial charge in [0, 0.05) is 11.5 Å². The van der Waals surface area contributed by atoms with Gasteiger partial charge >= 0.3 is 5.97 Å². The molecule has 0 unspecified atom stereocenters. The van der Waals surface area contributed by atoms with Crippen molar-refractivity contribution in [1.82, 2.24) is 9.78 Å². The van der Waals surface area contributed by atoms with Crippen molar-refractivity contribution in [3.8, 4) is 11.3 Å². The monoisotopic (exact) mass is 312 g/mol. The molecule has 0 saturated heterocycles. The highest BCUT2D eigenvalue weighted by molar-refractivity contribution is 9.10. The normalized spacial score (nSPS) is 10.7. The van der Waals surface area contributed by atoms with Crippen molar-refractivity contribution in [2.45, 2.75) is 6.92 Å². The molecule has 4 nitrogen and oxygen atoms in total. The van der Waals surface area contributed by atoms with Gasteiger partial charge in [-0.25, -0.2) is 9.18 Å². The molecule has 1 aromatic carbocycles. The molecule has 1 N–H and O–H groups in total. The van der Waals surface area contributed by atoms with Gasteiger partial charge in [0.25, 0.3) is 0 Å². The second-order valence-corrected chi connectivity index (χ2v) is 4.69. The zero-order chi connectivity index (χ0) is 13.4. The Labute approximate surface area is 111 Å². The number of carbonyl (C=O) groups is 1. The van der Waals surface area contributed by atoms with Crippen LogP contribution in [-0.4, -0.2) is 20.9 Å². The number of halogens is 2. The lowest BCUT2D eigenvalue weighted by atomic mass is 10.1. The van der Waals surface area contributed by atoms with Crippen LogP contribution in [0.1, 0.15) is 16.1 Å².